The van der Waals surface area contributed by atoms with E-state index in [1.54, 1.807) is 27.7 Å². The number of ether oxygens (including phenoxy) is 1. The molecular formula is C8H17ClN2O3. The number of rotatable bonds is 6. The third-order valence-corrected chi connectivity index (χ3v) is 1.32. The van der Waals surface area contributed by atoms with Crippen molar-refractivity contribution in [2.24, 2.45) is 0 Å². The van der Waals surface area contributed by atoms with Crippen molar-refractivity contribution in [1.29, 1.82) is 0 Å². The van der Waals surface area contributed by atoms with Crippen LogP contribution in [0.5, 0.6) is 0 Å². The lowest BCUT2D eigenvalue weighted by Crippen LogP contribution is -2.52. The highest BCUT2D eigenvalue weighted by Crippen LogP contribution is 2.14. The van der Waals surface area contributed by atoms with Gasteiger partial charge in [-0.2, -0.15) is 0 Å². The Kier molecular flexibility index (Phi) is 6.51. The summed E-state index contributed by atoms with van der Waals surface area (Å²) in [6, 6.07) is 0. The molecule has 14 heavy (non-hydrogen) atoms. The van der Waals surface area contributed by atoms with Gasteiger partial charge in [-0.3, -0.25) is 9.59 Å². The molecule has 2 N–H and O–H groups in total. The zero-order chi connectivity index (χ0) is 10.5. The van der Waals surface area contributed by atoms with Crippen molar-refractivity contribution in [3.63, 3.8) is 0 Å². The Morgan fingerprint density at radius 3 is 1.43 bits per heavy atom. The molecule has 0 fully saturated rings. The predicted octanol–water partition coefficient (Wildman–Crippen LogP) is 0.389. The quantitative estimate of drug-likeness (QED) is 0.507. The van der Waals surface area contributed by atoms with E-state index in [-0.39, 0.29) is 12.4 Å². The number of hydrogen-bond donors (Lipinski definition) is 2. The molecule has 0 radical (unpaired) electrons. The van der Waals surface area contributed by atoms with E-state index < -0.39 is 11.4 Å². The van der Waals surface area contributed by atoms with Crippen LogP contribution in [0.4, 0.5) is 0 Å². The van der Waals surface area contributed by atoms with Gasteiger partial charge in [0, 0.05) is 0 Å². The molecule has 0 aliphatic carbocycles. The largest absolute Gasteiger partial charge is 0.331 e. The first-order valence-electron chi connectivity index (χ1n) is 3.96. The minimum atomic E-state index is -0.804. The van der Waals surface area contributed by atoms with Crippen LogP contribution in [0.25, 0.3) is 0 Å². The van der Waals surface area contributed by atoms with Crippen LogP contribution in [0.3, 0.4) is 0 Å². The highest BCUT2D eigenvalue weighted by atomic mass is 35.5. The summed E-state index contributed by atoms with van der Waals surface area (Å²) in [5.41, 5.74) is -1.61. The van der Waals surface area contributed by atoms with Crippen molar-refractivity contribution in [3.05, 3.63) is 0 Å². The van der Waals surface area contributed by atoms with Crippen molar-refractivity contribution in [2.75, 3.05) is 0 Å². The van der Waals surface area contributed by atoms with Crippen LogP contribution < -0.4 is 10.6 Å². The lowest BCUT2D eigenvalue weighted by molar-refractivity contribution is -0.160. The van der Waals surface area contributed by atoms with Crippen LogP contribution >= 0.6 is 12.4 Å². The molecule has 0 saturated carbocycles. The summed E-state index contributed by atoms with van der Waals surface area (Å²) in [6.07, 6.45) is 1.11. The van der Waals surface area contributed by atoms with E-state index in [1.165, 1.54) is 0 Å². The number of carbonyl (C=O) groups is 2. The molecule has 5 nitrogen and oxygen atoms in total. The second-order valence-corrected chi connectivity index (χ2v) is 3.65. The van der Waals surface area contributed by atoms with Crippen LogP contribution in [0.2, 0.25) is 0 Å². The smallest absolute Gasteiger partial charge is 0.209 e. The Bertz CT molecular complexity index is 175. The topological polar surface area (TPSA) is 67.4 Å². The molecule has 0 bridgehead atoms. The zero-order valence-electron chi connectivity index (χ0n) is 8.79. The van der Waals surface area contributed by atoms with Gasteiger partial charge in [0.2, 0.25) is 12.8 Å². The molecule has 0 aromatic carbocycles. The summed E-state index contributed by atoms with van der Waals surface area (Å²) in [5.74, 6) is 0. The molecule has 0 rings (SSSR count). The van der Waals surface area contributed by atoms with Crippen molar-refractivity contribution < 1.29 is 14.3 Å². The Morgan fingerprint density at radius 2 is 1.21 bits per heavy atom. The van der Waals surface area contributed by atoms with E-state index in [0.717, 1.165) is 0 Å². The molecule has 2 amide bonds. The fraction of sp³-hybridized carbons (Fsp3) is 0.750. The summed E-state index contributed by atoms with van der Waals surface area (Å²) in [5, 5.41) is 4.96. The maximum Gasteiger partial charge on any atom is 0.209 e. The molecule has 0 unspecified atom stereocenters. The molecular weight excluding hydrogens is 208 g/mol. The first-order valence-corrected chi connectivity index (χ1v) is 3.96. The van der Waals surface area contributed by atoms with Gasteiger partial charge < -0.3 is 15.4 Å². The number of nitrogens with one attached hydrogen (secondary N) is 2. The van der Waals surface area contributed by atoms with Gasteiger partial charge in [0.1, 0.15) is 11.4 Å². The zero-order valence-corrected chi connectivity index (χ0v) is 9.60. The third kappa shape index (κ3) is 6.68. The summed E-state index contributed by atoms with van der Waals surface area (Å²) in [4.78, 5) is 20.4. The molecule has 0 aromatic heterocycles. The van der Waals surface area contributed by atoms with Crippen LogP contribution in [0.1, 0.15) is 27.7 Å². The van der Waals surface area contributed by atoms with Crippen molar-refractivity contribution >= 4 is 25.2 Å². The first kappa shape index (κ1) is 15.7. The maximum absolute atomic E-state index is 10.2. The minimum Gasteiger partial charge on any atom is -0.331 e. The van der Waals surface area contributed by atoms with Gasteiger partial charge in [-0.05, 0) is 27.7 Å². The van der Waals surface area contributed by atoms with E-state index in [1.807, 2.05) is 0 Å². The second kappa shape index (κ2) is 5.82. The van der Waals surface area contributed by atoms with Crippen LogP contribution in [-0.4, -0.2) is 24.3 Å². The number of amides is 2. The molecule has 0 aliphatic heterocycles. The summed E-state index contributed by atoms with van der Waals surface area (Å²) >= 11 is 0. The molecule has 0 aliphatic rings. The second-order valence-electron chi connectivity index (χ2n) is 3.65. The molecule has 0 aromatic rings. The average molecular weight is 225 g/mol. The SMILES string of the molecule is CC(C)(NC=O)OC(C)(C)NC=O.Cl. The van der Waals surface area contributed by atoms with Crippen LogP contribution in [0.15, 0.2) is 0 Å². The fourth-order valence-electron chi connectivity index (χ4n) is 0.981. The van der Waals surface area contributed by atoms with Crippen molar-refractivity contribution in [2.45, 2.75) is 39.1 Å². The number of carbonyl (C=O) groups excluding carboxylic acids is 2. The minimum absolute atomic E-state index is 0. The standard InChI is InChI=1S/C8H16N2O3.ClH/c1-7(2,9-5-11)13-8(3,4)10-6-12;/h5-6H,1-4H3,(H,9,11)(H,10,12);1H. The van der Waals surface area contributed by atoms with Gasteiger partial charge in [0.25, 0.3) is 0 Å². The van der Waals surface area contributed by atoms with E-state index in [9.17, 15) is 9.59 Å². The average Bonchev–Trinajstić information content (AvgIpc) is 1.82. The molecule has 0 saturated heterocycles. The van der Waals surface area contributed by atoms with E-state index in [0.29, 0.717) is 12.8 Å². The highest BCUT2D eigenvalue weighted by Gasteiger charge is 2.27. The van der Waals surface area contributed by atoms with Gasteiger partial charge in [-0.25, -0.2) is 0 Å². The van der Waals surface area contributed by atoms with E-state index in [2.05, 4.69) is 10.6 Å². The van der Waals surface area contributed by atoms with Crippen molar-refractivity contribution in [3.8, 4) is 0 Å². The Labute approximate surface area is 90.0 Å². The van der Waals surface area contributed by atoms with Gasteiger partial charge in [0.05, 0.1) is 0 Å². The number of halogens is 1. The van der Waals surface area contributed by atoms with Gasteiger partial charge in [-0.1, -0.05) is 0 Å². The fourth-order valence-corrected chi connectivity index (χ4v) is 0.981. The lowest BCUT2D eigenvalue weighted by Gasteiger charge is -2.34. The Balaban J connectivity index is 0. The Morgan fingerprint density at radius 1 is 0.929 bits per heavy atom. The van der Waals surface area contributed by atoms with Crippen LogP contribution in [-0.2, 0) is 14.3 Å². The maximum atomic E-state index is 10.2. The third-order valence-electron chi connectivity index (χ3n) is 1.32. The van der Waals surface area contributed by atoms with E-state index in [4.69, 9.17) is 4.74 Å². The van der Waals surface area contributed by atoms with E-state index >= 15 is 0 Å². The molecule has 84 valence electrons. The summed E-state index contributed by atoms with van der Waals surface area (Å²) < 4.78 is 5.42. The van der Waals surface area contributed by atoms with Gasteiger partial charge in [-0.15, -0.1) is 12.4 Å². The summed E-state index contributed by atoms with van der Waals surface area (Å²) in [7, 11) is 0. The van der Waals surface area contributed by atoms with Crippen molar-refractivity contribution in [1.82, 2.24) is 10.6 Å². The van der Waals surface area contributed by atoms with Gasteiger partial charge in [0.15, 0.2) is 0 Å². The predicted molar refractivity (Wildman–Crippen MR) is 54.9 cm³/mol. The molecule has 0 spiro atoms. The Hall–Kier alpha value is -0.810. The van der Waals surface area contributed by atoms with Gasteiger partial charge >= 0.3 is 0 Å². The first-order chi connectivity index (χ1) is 5.83. The van der Waals surface area contributed by atoms with Crippen LogP contribution in [0, 0.1) is 0 Å². The summed E-state index contributed by atoms with van der Waals surface area (Å²) in [6.45, 7) is 6.76. The molecule has 0 atom stereocenters. The molecule has 0 heterocycles. The highest BCUT2D eigenvalue weighted by molar-refractivity contribution is 5.85. The normalized spacial score (nSPS) is 11.1. The number of hydrogen-bond acceptors (Lipinski definition) is 3. The lowest BCUT2D eigenvalue weighted by atomic mass is 10.2. The monoisotopic (exact) mass is 224 g/mol. The molecule has 6 heteroatoms.